The molecule has 82 valence electrons. The molecule has 0 aliphatic rings. The standard InChI is InChI=1S/C7H6F3N3O2/c8-7(9,10)6(11)15-5(14)4-3-12-1-2-13-4/h1-3,6H,11H2. The summed E-state index contributed by atoms with van der Waals surface area (Å²) >= 11 is 0. The van der Waals surface area contributed by atoms with E-state index in [1.165, 1.54) is 6.20 Å². The molecule has 1 unspecified atom stereocenters. The highest BCUT2D eigenvalue weighted by Gasteiger charge is 2.40. The summed E-state index contributed by atoms with van der Waals surface area (Å²) in [6.45, 7) is 0. The number of nitrogens with two attached hydrogens (primary N) is 1. The molecule has 1 aromatic rings. The molecule has 0 amide bonds. The maximum Gasteiger partial charge on any atom is 0.439 e. The van der Waals surface area contributed by atoms with E-state index in [9.17, 15) is 18.0 Å². The molecule has 0 spiro atoms. The molecule has 1 aromatic heterocycles. The van der Waals surface area contributed by atoms with Crippen molar-refractivity contribution in [3.63, 3.8) is 0 Å². The van der Waals surface area contributed by atoms with Gasteiger partial charge in [-0.05, 0) is 0 Å². The Labute approximate surface area is 82.1 Å². The van der Waals surface area contributed by atoms with Crippen molar-refractivity contribution in [2.24, 2.45) is 5.73 Å². The summed E-state index contributed by atoms with van der Waals surface area (Å²) in [5.41, 5.74) is 4.24. The van der Waals surface area contributed by atoms with Gasteiger partial charge in [-0.2, -0.15) is 13.2 Å². The highest BCUT2D eigenvalue weighted by atomic mass is 19.4. The average Bonchev–Trinajstić information content (AvgIpc) is 2.17. The number of aromatic nitrogens is 2. The van der Waals surface area contributed by atoms with Crippen molar-refractivity contribution in [2.45, 2.75) is 12.4 Å². The molecule has 0 saturated carbocycles. The lowest BCUT2D eigenvalue weighted by Crippen LogP contribution is -2.41. The minimum atomic E-state index is -4.79. The van der Waals surface area contributed by atoms with Crippen LogP contribution in [0.5, 0.6) is 0 Å². The number of esters is 1. The van der Waals surface area contributed by atoms with Crippen LogP contribution >= 0.6 is 0 Å². The topological polar surface area (TPSA) is 78.1 Å². The summed E-state index contributed by atoms with van der Waals surface area (Å²) < 4.78 is 39.6. The first-order chi connectivity index (χ1) is 6.91. The first-order valence-electron chi connectivity index (χ1n) is 3.70. The predicted molar refractivity (Wildman–Crippen MR) is 41.5 cm³/mol. The molecule has 8 heteroatoms. The third-order valence-corrected chi connectivity index (χ3v) is 1.33. The molecule has 0 aliphatic carbocycles. The molecule has 2 N–H and O–H groups in total. The maximum absolute atomic E-state index is 11.9. The minimum absolute atomic E-state index is 0.336. The van der Waals surface area contributed by atoms with Crippen LogP contribution in [0.25, 0.3) is 0 Å². The number of rotatable bonds is 2. The quantitative estimate of drug-likeness (QED) is 0.580. The van der Waals surface area contributed by atoms with Gasteiger partial charge in [0.25, 0.3) is 0 Å². The van der Waals surface area contributed by atoms with E-state index < -0.39 is 18.4 Å². The molecule has 1 rings (SSSR count). The minimum Gasteiger partial charge on any atom is -0.432 e. The molecule has 1 heterocycles. The Balaban J connectivity index is 2.65. The second kappa shape index (κ2) is 4.22. The van der Waals surface area contributed by atoms with Gasteiger partial charge in [-0.15, -0.1) is 0 Å². The van der Waals surface area contributed by atoms with Gasteiger partial charge in [-0.1, -0.05) is 0 Å². The lowest BCUT2D eigenvalue weighted by atomic mass is 10.4. The number of carbonyl (C=O) groups excluding carboxylic acids is 1. The van der Waals surface area contributed by atoms with Crippen LogP contribution in [0.1, 0.15) is 10.5 Å². The van der Waals surface area contributed by atoms with E-state index in [1.807, 2.05) is 0 Å². The molecule has 5 nitrogen and oxygen atoms in total. The molecule has 0 radical (unpaired) electrons. The molecular formula is C7H6F3N3O2. The van der Waals surface area contributed by atoms with Crippen molar-refractivity contribution < 1.29 is 22.7 Å². The number of hydrogen-bond acceptors (Lipinski definition) is 5. The molecule has 1 atom stereocenters. The van der Waals surface area contributed by atoms with E-state index in [0.29, 0.717) is 0 Å². The SMILES string of the molecule is NC(OC(=O)c1cnccn1)C(F)(F)F. The highest BCUT2D eigenvalue weighted by Crippen LogP contribution is 2.19. The van der Waals surface area contributed by atoms with Gasteiger partial charge in [-0.3, -0.25) is 10.7 Å². The van der Waals surface area contributed by atoms with Crippen LogP contribution in [-0.2, 0) is 4.74 Å². The van der Waals surface area contributed by atoms with Gasteiger partial charge in [0.1, 0.15) is 0 Å². The third kappa shape index (κ3) is 3.17. The van der Waals surface area contributed by atoms with Crippen molar-refractivity contribution in [3.05, 3.63) is 24.3 Å². The largest absolute Gasteiger partial charge is 0.439 e. The molecular weight excluding hydrogens is 215 g/mol. The van der Waals surface area contributed by atoms with E-state index in [-0.39, 0.29) is 5.69 Å². The average molecular weight is 221 g/mol. The summed E-state index contributed by atoms with van der Waals surface area (Å²) in [6.07, 6.45) is -4.06. The van der Waals surface area contributed by atoms with Gasteiger partial charge in [0.05, 0.1) is 6.20 Å². The van der Waals surface area contributed by atoms with Gasteiger partial charge in [-0.25, -0.2) is 9.78 Å². The summed E-state index contributed by atoms with van der Waals surface area (Å²) in [5.74, 6) is -1.27. The van der Waals surface area contributed by atoms with E-state index in [4.69, 9.17) is 0 Å². The van der Waals surface area contributed by atoms with Crippen LogP contribution in [0.3, 0.4) is 0 Å². The Morgan fingerprint density at radius 2 is 2.13 bits per heavy atom. The van der Waals surface area contributed by atoms with Gasteiger partial charge in [0, 0.05) is 12.4 Å². The Bertz CT molecular complexity index is 341. The zero-order chi connectivity index (χ0) is 11.5. The fourth-order valence-electron chi connectivity index (χ4n) is 0.647. The van der Waals surface area contributed by atoms with Gasteiger partial charge >= 0.3 is 12.1 Å². The number of nitrogens with zero attached hydrogens (tertiary/aromatic N) is 2. The van der Waals surface area contributed by atoms with E-state index in [1.54, 1.807) is 0 Å². The maximum atomic E-state index is 11.9. The zero-order valence-electron chi connectivity index (χ0n) is 7.23. The summed E-state index contributed by atoms with van der Waals surface area (Å²) in [5, 5.41) is 0. The normalized spacial score (nSPS) is 13.3. The second-order valence-corrected chi connectivity index (χ2v) is 2.46. The van der Waals surface area contributed by atoms with Crippen LogP contribution < -0.4 is 5.73 Å². The van der Waals surface area contributed by atoms with Crippen molar-refractivity contribution >= 4 is 5.97 Å². The van der Waals surface area contributed by atoms with Crippen LogP contribution in [0.2, 0.25) is 0 Å². The summed E-state index contributed by atoms with van der Waals surface area (Å²) in [4.78, 5) is 17.9. The molecule has 0 fully saturated rings. The predicted octanol–water partition coefficient (Wildman–Crippen LogP) is 0.480. The van der Waals surface area contributed by atoms with E-state index >= 15 is 0 Å². The van der Waals surface area contributed by atoms with Crippen LogP contribution in [0.4, 0.5) is 13.2 Å². The second-order valence-electron chi connectivity index (χ2n) is 2.46. The summed E-state index contributed by atoms with van der Waals surface area (Å²) in [7, 11) is 0. The molecule has 0 aromatic carbocycles. The Kier molecular flexibility index (Phi) is 3.20. The highest BCUT2D eigenvalue weighted by molar-refractivity contribution is 5.86. The number of alkyl halides is 3. The smallest absolute Gasteiger partial charge is 0.432 e. The number of hydrogen-bond donors (Lipinski definition) is 1. The van der Waals surface area contributed by atoms with E-state index in [0.717, 1.165) is 12.4 Å². The number of halogens is 3. The fourth-order valence-corrected chi connectivity index (χ4v) is 0.647. The zero-order valence-corrected chi connectivity index (χ0v) is 7.23. The Hall–Kier alpha value is -1.70. The third-order valence-electron chi connectivity index (χ3n) is 1.33. The first-order valence-corrected chi connectivity index (χ1v) is 3.70. The molecule has 15 heavy (non-hydrogen) atoms. The van der Waals surface area contributed by atoms with Crippen LogP contribution in [0.15, 0.2) is 18.6 Å². The van der Waals surface area contributed by atoms with Crippen molar-refractivity contribution in [3.8, 4) is 0 Å². The van der Waals surface area contributed by atoms with Gasteiger partial charge in [0.2, 0.25) is 6.23 Å². The van der Waals surface area contributed by atoms with E-state index in [2.05, 4.69) is 20.4 Å². The lowest BCUT2D eigenvalue weighted by molar-refractivity contribution is -0.202. The first kappa shape index (κ1) is 11.4. The lowest BCUT2D eigenvalue weighted by Gasteiger charge is -2.15. The van der Waals surface area contributed by atoms with Gasteiger partial charge < -0.3 is 4.74 Å². The van der Waals surface area contributed by atoms with Crippen LogP contribution in [0, 0.1) is 0 Å². The molecule has 0 bridgehead atoms. The van der Waals surface area contributed by atoms with Crippen molar-refractivity contribution in [1.29, 1.82) is 0 Å². The number of carbonyl (C=O) groups is 1. The molecule has 0 aliphatic heterocycles. The Morgan fingerprint density at radius 1 is 1.47 bits per heavy atom. The fraction of sp³-hybridized carbons (Fsp3) is 0.286. The van der Waals surface area contributed by atoms with Crippen molar-refractivity contribution in [1.82, 2.24) is 9.97 Å². The van der Waals surface area contributed by atoms with Crippen molar-refractivity contribution in [2.75, 3.05) is 0 Å². The number of ether oxygens (including phenoxy) is 1. The van der Waals surface area contributed by atoms with Crippen LogP contribution in [-0.4, -0.2) is 28.3 Å². The monoisotopic (exact) mass is 221 g/mol. The Morgan fingerprint density at radius 3 is 2.60 bits per heavy atom. The summed E-state index contributed by atoms with van der Waals surface area (Å²) in [6, 6.07) is 0. The van der Waals surface area contributed by atoms with Gasteiger partial charge in [0.15, 0.2) is 5.69 Å². The molecule has 0 saturated heterocycles.